The molecule has 3 aromatic carbocycles. The maximum atomic E-state index is 12.5. The number of thioether (sulfide) groups is 1. The van der Waals surface area contributed by atoms with E-state index in [-0.39, 0.29) is 11.8 Å². The molecule has 5 nitrogen and oxygen atoms in total. The van der Waals surface area contributed by atoms with Crippen LogP contribution in [0.2, 0.25) is 0 Å². The zero-order valence-corrected chi connectivity index (χ0v) is 15.6. The van der Waals surface area contributed by atoms with Crippen LogP contribution in [-0.2, 0) is 11.3 Å². The molecule has 0 saturated carbocycles. The molecule has 1 aliphatic heterocycles. The van der Waals surface area contributed by atoms with Gasteiger partial charge < -0.3 is 15.4 Å². The van der Waals surface area contributed by atoms with Crippen molar-refractivity contribution in [3.05, 3.63) is 65.7 Å². The highest BCUT2D eigenvalue weighted by Gasteiger charge is 2.17. The predicted molar refractivity (Wildman–Crippen MR) is 107 cm³/mol. The van der Waals surface area contributed by atoms with Gasteiger partial charge in [-0.2, -0.15) is 0 Å². The van der Waals surface area contributed by atoms with Crippen molar-refractivity contribution in [3.8, 4) is 5.75 Å². The van der Waals surface area contributed by atoms with Crippen molar-refractivity contribution in [1.82, 2.24) is 5.32 Å². The number of carbonyl (C=O) groups excluding carboxylic acids is 2. The second-order valence-corrected chi connectivity index (χ2v) is 7.30. The molecule has 6 heteroatoms. The third kappa shape index (κ3) is 3.75. The molecule has 0 radical (unpaired) electrons. The molecule has 2 amide bonds. The summed E-state index contributed by atoms with van der Waals surface area (Å²) >= 11 is 1.48. The number of hydrogen-bond donors (Lipinski definition) is 2. The van der Waals surface area contributed by atoms with Crippen molar-refractivity contribution in [2.45, 2.75) is 11.4 Å². The predicted octanol–water partition coefficient (Wildman–Crippen LogP) is 3.82. The Morgan fingerprint density at radius 2 is 1.93 bits per heavy atom. The van der Waals surface area contributed by atoms with Crippen LogP contribution in [0.25, 0.3) is 10.8 Å². The summed E-state index contributed by atoms with van der Waals surface area (Å²) in [5, 5.41) is 7.93. The molecule has 2 N–H and O–H groups in total. The van der Waals surface area contributed by atoms with Gasteiger partial charge >= 0.3 is 0 Å². The van der Waals surface area contributed by atoms with Gasteiger partial charge in [0.25, 0.3) is 5.91 Å². The fraction of sp³-hybridized carbons (Fsp3) is 0.143. The van der Waals surface area contributed by atoms with E-state index in [0.29, 0.717) is 23.5 Å². The van der Waals surface area contributed by atoms with Gasteiger partial charge in [-0.05, 0) is 52.7 Å². The van der Waals surface area contributed by atoms with E-state index < -0.39 is 0 Å². The Balaban J connectivity index is 1.47. The number of hydrogen-bond acceptors (Lipinski definition) is 4. The molecule has 0 spiro atoms. The molecule has 1 aliphatic rings. The fourth-order valence-corrected chi connectivity index (χ4v) is 3.81. The van der Waals surface area contributed by atoms with Crippen molar-refractivity contribution >= 4 is 40.0 Å². The molecule has 136 valence electrons. The molecule has 0 atom stereocenters. The van der Waals surface area contributed by atoms with Crippen molar-refractivity contribution in [2.24, 2.45) is 0 Å². The topological polar surface area (TPSA) is 67.4 Å². The van der Waals surface area contributed by atoms with Crippen molar-refractivity contribution in [2.75, 3.05) is 18.2 Å². The van der Waals surface area contributed by atoms with Gasteiger partial charge in [0, 0.05) is 17.0 Å². The Labute approximate surface area is 161 Å². The summed E-state index contributed by atoms with van der Waals surface area (Å²) in [4.78, 5) is 25.0. The lowest BCUT2D eigenvalue weighted by Crippen LogP contribution is -2.24. The third-order valence-corrected chi connectivity index (χ3v) is 5.51. The lowest BCUT2D eigenvalue weighted by Gasteiger charge is -2.17. The summed E-state index contributed by atoms with van der Waals surface area (Å²) in [5.74, 6) is 1.02. The minimum absolute atomic E-state index is 0.0437. The van der Waals surface area contributed by atoms with Gasteiger partial charge in [0.2, 0.25) is 5.91 Å². The van der Waals surface area contributed by atoms with Gasteiger partial charge in [0.1, 0.15) is 5.75 Å². The molecule has 4 rings (SSSR count). The fourth-order valence-electron chi connectivity index (χ4n) is 3.02. The summed E-state index contributed by atoms with van der Waals surface area (Å²) in [5.41, 5.74) is 2.24. The quantitative estimate of drug-likeness (QED) is 0.724. The smallest absolute Gasteiger partial charge is 0.251 e. The number of fused-ring (bicyclic) bond motifs is 2. The Morgan fingerprint density at radius 1 is 1.11 bits per heavy atom. The lowest BCUT2D eigenvalue weighted by atomic mass is 10.1. The van der Waals surface area contributed by atoms with Crippen molar-refractivity contribution < 1.29 is 14.3 Å². The first-order valence-corrected chi connectivity index (χ1v) is 9.52. The summed E-state index contributed by atoms with van der Waals surface area (Å²) in [6.07, 6.45) is 0. The number of rotatable bonds is 4. The molecule has 27 heavy (non-hydrogen) atoms. The van der Waals surface area contributed by atoms with Crippen LogP contribution in [0.1, 0.15) is 15.9 Å². The second kappa shape index (κ2) is 7.32. The van der Waals surface area contributed by atoms with Gasteiger partial charge in [0.15, 0.2) is 0 Å². The van der Waals surface area contributed by atoms with Gasteiger partial charge in [-0.1, -0.05) is 18.2 Å². The van der Waals surface area contributed by atoms with E-state index in [4.69, 9.17) is 4.74 Å². The minimum Gasteiger partial charge on any atom is -0.497 e. The van der Waals surface area contributed by atoms with Gasteiger partial charge in [-0.15, -0.1) is 11.8 Å². The van der Waals surface area contributed by atoms with E-state index in [0.717, 1.165) is 27.0 Å². The Kier molecular flexibility index (Phi) is 4.73. The molecule has 0 aromatic heterocycles. The van der Waals surface area contributed by atoms with Gasteiger partial charge in [0.05, 0.1) is 18.6 Å². The Bertz CT molecular complexity index is 1050. The second-order valence-electron chi connectivity index (χ2n) is 6.28. The Hall–Kier alpha value is -2.99. The maximum absolute atomic E-state index is 12.5. The first kappa shape index (κ1) is 17.4. The van der Waals surface area contributed by atoms with Crippen molar-refractivity contribution in [1.29, 1.82) is 0 Å². The average Bonchev–Trinajstić information content (AvgIpc) is 2.70. The summed E-state index contributed by atoms with van der Waals surface area (Å²) < 4.78 is 5.24. The van der Waals surface area contributed by atoms with Gasteiger partial charge in [-0.25, -0.2) is 0 Å². The minimum atomic E-state index is -0.169. The van der Waals surface area contributed by atoms with E-state index in [1.54, 1.807) is 19.2 Å². The zero-order chi connectivity index (χ0) is 18.8. The van der Waals surface area contributed by atoms with E-state index in [1.807, 2.05) is 36.4 Å². The van der Waals surface area contributed by atoms with Crippen LogP contribution in [-0.4, -0.2) is 24.7 Å². The molecular weight excluding hydrogens is 360 g/mol. The summed E-state index contributed by atoms with van der Waals surface area (Å²) in [7, 11) is 1.65. The van der Waals surface area contributed by atoms with Crippen LogP contribution in [0.3, 0.4) is 0 Å². The maximum Gasteiger partial charge on any atom is 0.251 e. The Morgan fingerprint density at radius 3 is 2.78 bits per heavy atom. The van der Waals surface area contributed by atoms with Gasteiger partial charge in [-0.3, -0.25) is 9.59 Å². The first-order valence-electron chi connectivity index (χ1n) is 8.54. The number of anilines is 1. The van der Waals surface area contributed by atoms with Crippen molar-refractivity contribution in [3.63, 3.8) is 0 Å². The van der Waals surface area contributed by atoms with E-state index >= 15 is 0 Å². The number of nitrogens with one attached hydrogen (secondary N) is 2. The van der Waals surface area contributed by atoms with Crippen LogP contribution in [0.4, 0.5) is 5.69 Å². The van der Waals surface area contributed by atoms with Crippen LogP contribution in [0.15, 0.2) is 59.5 Å². The largest absolute Gasteiger partial charge is 0.497 e. The molecular formula is C21H18N2O3S. The lowest BCUT2D eigenvalue weighted by molar-refractivity contribution is -0.113. The molecule has 1 heterocycles. The molecule has 0 aliphatic carbocycles. The number of methoxy groups -OCH3 is 1. The highest BCUT2D eigenvalue weighted by Crippen LogP contribution is 2.32. The van der Waals surface area contributed by atoms with Crippen LogP contribution in [0.5, 0.6) is 5.75 Å². The molecule has 0 bridgehead atoms. The number of carbonyl (C=O) groups is 2. The molecule has 0 fully saturated rings. The summed E-state index contributed by atoms with van der Waals surface area (Å²) in [6.45, 7) is 0.430. The zero-order valence-electron chi connectivity index (χ0n) is 14.7. The van der Waals surface area contributed by atoms with Crippen LogP contribution >= 0.6 is 11.8 Å². The van der Waals surface area contributed by atoms with E-state index in [2.05, 4.69) is 16.7 Å². The van der Waals surface area contributed by atoms with Crippen LogP contribution < -0.4 is 15.4 Å². The standard InChI is InChI=1S/C21H18N2O3S/c1-26-17-6-4-14-8-13(2-3-15(14)9-17)11-22-21(25)16-5-7-19-18(10-16)23-20(24)12-27-19/h2-10H,11-12H2,1H3,(H,22,25)(H,23,24). The number of amides is 2. The normalized spacial score (nSPS) is 13.0. The highest BCUT2D eigenvalue weighted by molar-refractivity contribution is 8.00. The summed E-state index contributed by atoms with van der Waals surface area (Å²) in [6, 6.07) is 17.4. The van der Waals surface area contributed by atoms with Crippen LogP contribution in [0, 0.1) is 0 Å². The highest BCUT2D eigenvalue weighted by atomic mass is 32.2. The molecule has 0 saturated heterocycles. The first-order chi connectivity index (χ1) is 13.1. The monoisotopic (exact) mass is 378 g/mol. The molecule has 0 unspecified atom stereocenters. The van der Waals surface area contributed by atoms with E-state index in [1.165, 1.54) is 11.8 Å². The number of benzene rings is 3. The SMILES string of the molecule is COc1ccc2cc(CNC(=O)c3ccc4c(c3)NC(=O)CS4)ccc2c1. The third-order valence-electron chi connectivity index (χ3n) is 4.44. The molecule has 3 aromatic rings. The van der Waals surface area contributed by atoms with E-state index in [9.17, 15) is 9.59 Å². The average molecular weight is 378 g/mol. The number of ether oxygens (including phenoxy) is 1.